The molecule has 6 heteroatoms. The van der Waals surface area contributed by atoms with Gasteiger partial charge in [-0.05, 0) is 35.7 Å². The summed E-state index contributed by atoms with van der Waals surface area (Å²) in [7, 11) is 0. The van der Waals surface area contributed by atoms with Crippen LogP contribution < -0.4 is 0 Å². The van der Waals surface area contributed by atoms with Crippen LogP contribution in [0, 0.1) is 18.7 Å². The van der Waals surface area contributed by atoms with Gasteiger partial charge in [0.15, 0.2) is 0 Å². The van der Waals surface area contributed by atoms with Crippen molar-refractivity contribution >= 4 is 11.9 Å². The summed E-state index contributed by atoms with van der Waals surface area (Å²) in [4.78, 5) is 29.6. The van der Waals surface area contributed by atoms with Crippen molar-refractivity contribution in [2.75, 3.05) is 0 Å². The van der Waals surface area contributed by atoms with Gasteiger partial charge in [-0.25, -0.2) is 4.39 Å². The first-order valence-electron chi connectivity index (χ1n) is 7.64. The molecule has 1 aliphatic heterocycles. The van der Waals surface area contributed by atoms with Gasteiger partial charge in [-0.3, -0.25) is 14.6 Å². The Bertz CT molecular complexity index is 779. The maximum absolute atomic E-state index is 13.6. The van der Waals surface area contributed by atoms with Crippen LogP contribution in [0.4, 0.5) is 4.39 Å². The minimum atomic E-state index is -1.02. The van der Waals surface area contributed by atoms with E-state index in [-0.39, 0.29) is 24.7 Å². The summed E-state index contributed by atoms with van der Waals surface area (Å²) >= 11 is 0. The highest BCUT2D eigenvalue weighted by Crippen LogP contribution is 2.39. The van der Waals surface area contributed by atoms with E-state index in [4.69, 9.17) is 0 Å². The molecule has 124 valence electrons. The summed E-state index contributed by atoms with van der Waals surface area (Å²) in [6.45, 7) is 1.90. The molecule has 1 aromatic carbocycles. The van der Waals surface area contributed by atoms with Crippen LogP contribution in [0.2, 0.25) is 0 Å². The second-order valence-corrected chi connectivity index (χ2v) is 5.99. The molecule has 0 unspecified atom stereocenters. The normalized spacial score (nSPS) is 20.4. The number of aryl methyl sites for hydroxylation is 1. The molecule has 0 spiro atoms. The Morgan fingerprint density at radius 1 is 1.42 bits per heavy atom. The van der Waals surface area contributed by atoms with E-state index in [0.717, 1.165) is 5.56 Å². The number of carboxylic acid groups (broad SMARTS) is 1. The predicted octanol–water partition coefficient (Wildman–Crippen LogP) is 2.70. The number of carbonyl (C=O) groups excluding carboxylic acids is 1. The number of aromatic nitrogens is 1. The molecule has 24 heavy (non-hydrogen) atoms. The van der Waals surface area contributed by atoms with Crippen molar-refractivity contribution in [1.29, 1.82) is 0 Å². The third-order valence-electron chi connectivity index (χ3n) is 4.35. The molecule has 0 bridgehead atoms. The number of hydrogen-bond donors (Lipinski definition) is 1. The number of nitrogens with zero attached hydrogens (tertiary/aromatic N) is 2. The standard InChI is InChI=1S/C18H17FN2O3/c1-11-7-13(4-5-15(11)19)17-14(18(23)24)8-16(22)21(17)10-12-3-2-6-20-9-12/h2-7,9,14,17H,8,10H2,1H3,(H,23,24)/t14-,17+/m1/s1. The molecular formula is C18H17FN2O3. The molecule has 1 N–H and O–H groups in total. The fourth-order valence-electron chi connectivity index (χ4n) is 3.15. The molecular weight excluding hydrogens is 311 g/mol. The summed E-state index contributed by atoms with van der Waals surface area (Å²) in [5, 5.41) is 9.51. The fraction of sp³-hybridized carbons (Fsp3) is 0.278. The first-order valence-corrected chi connectivity index (χ1v) is 7.64. The first-order chi connectivity index (χ1) is 11.5. The maximum Gasteiger partial charge on any atom is 0.309 e. The number of likely N-dealkylation sites (tertiary alicyclic amines) is 1. The highest BCUT2D eigenvalue weighted by molar-refractivity contribution is 5.87. The minimum Gasteiger partial charge on any atom is -0.481 e. The molecule has 1 fully saturated rings. The van der Waals surface area contributed by atoms with Gasteiger partial charge in [0, 0.05) is 25.4 Å². The largest absolute Gasteiger partial charge is 0.481 e. The molecule has 5 nitrogen and oxygen atoms in total. The van der Waals surface area contributed by atoms with Crippen LogP contribution in [-0.2, 0) is 16.1 Å². The molecule has 1 saturated heterocycles. The average molecular weight is 328 g/mol. The van der Waals surface area contributed by atoms with Crippen LogP contribution in [0.1, 0.15) is 29.2 Å². The van der Waals surface area contributed by atoms with Crippen molar-refractivity contribution in [2.24, 2.45) is 5.92 Å². The van der Waals surface area contributed by atoms with Gasteiger partial charge in [0.1, 0.15) is 5.82 Å². The van der Waals surface area contributed by atoms with Crippen molar-refractivity contribution in [3.05, 3.63) is 65.2 Å². The second-order valence-electron chi connectivity index (χ2n) is 5.99. The average Bonchev–Trinajstić information content (AvgIpc) is 2.88. The van der Waals surface area contributed by atoms with Crippen LogP contribution in [0.5, 0.6) is 0 Å². The highest BCUT2D eigenvalue weighted by Gasteiger charge is 2.44. The number of pyridine rings is 1. The van der Waals surface area contributed by atoms with Crippen molar-refractivity contribution in [3.8, 4) is 0 Å². The lowest BCUT2D eigenvalue weighted by molar-refractivity contribution is -0.142. The van der Waals surface area contributed by atoms with E-state index >= 15 is 0 Å². The fourth-order valence-corrected chi connectivity index (χ4v) is 3.15. The van der Waals surface area contributed by atoms with Crippen LogP contribution in [-0.4, -0.2) is 26.9 Å². The molecule has 3 rings (SSSR count). The van der Waals surface area contributed by atoms with Crippen LogP contribution in [0.15, 0.2) is 42.7 Å². The Hall–Kier alpha value is -2.76. The van der Waals surface area contributed by atoms with Gasteiger partial charge in [0.25, 0.3) is 0 Å². The van der Waals surface area contributed by atoms with E-state index in [2.05, 4.69) is 4.98 Å². The van der Waals surface area contributed by atoms with Crippen molar-refractivity contribution in [1.82, 2.24) is 9.88 Å². The van der Waals surface area contributed by atoms with E-state index < -0.39 is 17.9 Å². The Morgan fingerprint density at radius 3 is 2.83 bits per heavy atom. The van der Waals surface area contributed by atoms with Gasteiger partial charge in [-0.1, -0.05) is 18.2 Å². The third-order valence-corrected chi connectivity index (χ3v) is 4.35. The predicted molar refractivity (Wildman–Crippen MR) is 84.4 cm³/mol. The van der Waals surface area contributed by atoms with Crippen LogP contribution in [0.3, 0.4) is 0 Å². The lowest BCUT2D eigenvalue weighted by Gasteiger charge is -2.27. The number of halogens is 1. The Morgan fingerprint density at radius 2 is 2.21 bits per heavy atom. The molecule has 1 amide bonds. The van der Waals surface area contributed by atoms with Gasteiger partial charge < -0.3 is 10.0 Å². The van der Waals surface area contributed by atoms with E-state index in [0.29, 0.717) is 11.1 Å². The molecule has 2 atom stereocenters. The SMILES string of the molecule is Cc1cc([C@H]2[C@H](C(=O)O)CC(=O)N2Cc2cccnc2)ccc1F. The van der Waals surface area contributed by atoms with Gasteiger partial charge in [-0.2, -0.15) is 0 Å². The van der Waals surface area contributed by atoms with Crippen LogP contribution >= 0.6 is 0 Å². The number of rotatable bonds is 4. The summed E-state index contributed by atoms with van der Waals surface area (Å²) in [5.74, 6) is -2.45. The van der Waals surface area contributed by atoms with Crippen LogP contribution in [0.25, 0.3) is 0 Å². The van der Waals surface area contributed by atoms with E-state index in [1.54, 1.807) is 42.4 Å². The number of carbonyl (C=O) groups is 2. The first kappa shape index (κ1) is 16.1. The topological polar surface area (TPSA) is 70.5 Å². The van der Waals surface area contributed by atoms with E-state index in [1.807, 2.05) is 6.07 Å². The smallest absolute Gasteiger partial charge is 0.309 e. The lowest BCUT2D eigenvalue weighted by atomic mass is 9.92. The lowest BCUT2D eigenvalue weighted by Crippen LogP contribution is -2.30. The summed E-state index contributed by atoms with van der Waals surface area (Å²) < 4.78 is 13.6. The van der Waals surface area contributed by atoms with Gasteiger partial charge in [-0.15, -0.1) is 0 Å². The molecule has 2 heterocycles. The minimum absolute atomic E-state index is 0.0588. The van der Waals surface area contributed by atoms with Gasteiger partial charge in [0.2, 0.25) is 5.91 Å². The Kier molecular flexibility index (Phi) is 4.29. The summed E-state index contributed by atoms with van der Waals surface area (Å²) in [5.41, 5.74) is 1.88. The maximum atomic E-state index is 13.6. The van der Waals surface area contributed by atoms with Crippen molar-refractivity contribution < 1.29 is 19.1 Å². The quantitative estimate of drug-likeness (QED) is 0.937. The Balaban J connectivity index is 1.99. The molecule has 1 aliphatic rings. The molecule has 0 aliphatic carbocycles. The number of hydrogen-bond acceptors (Lipinski definition) is 3. The zero-order chi connectivity index (χ0) is 17.3. The van der Waals surface area contributed by atoms with Gasteiger partial charge >= 0.3 is 5.97 Å². The van der Waals surface area contributed by atoms with E-state index in [9.17, 15) is 19.1 Å². The molecule has 0 saturated carbocycles. The number of carboxylic acids is 1. The Labute approximate surface area is 138 Å². The third kappa shape index (κ3) is 2.99. The summed E-state index contributed by atoms with van der Waals surface area (Å²) in [6.07, 6.45) is 3.22. The molecule has 1 aromatic heterocycles. The van der Waals surface area contributed by atoms with Crippen molar-refractivity contribution in [2.45, 2.75) is 25.9 Å². The van der Waals surface area contributed by atoms with Gasteiger partial charge in [0.05, 0.1) is 12.0 Å². The summed E-state index contributed by atoms with van der Waals surface area (Å²) in [6, 6.07) is 7.47. The number of aliphatic carboxylic acids is 1. The zero-order valence-electron chi connectivity index (χ0n) is 13.1. The monoisotopic (exact) mass is 328 g/mol. The molecule has 0 radical (unpaired) electrons. The number of amides is 1. The number of benzene rings is 1. The highest BCUT2D eigenvalue weighted by atomic mass is 19.1. The zero-order valence-corrected chi connectivity index (χ0v) is 13.1. The van der Waals surface area contributed by atoms with Crippen molar-refractivity contribution in [3.63, 3.8) is 0 Å². The second kappa shape index (κ2) is 6.39. The van der Waals surface area contributed by atoms with E-state index in [1.165, 1.54) is 6.07 Å². The molecule has 2 aromatic rings.